The number of hydrogen-bond donors (Lipinski definition) is 0. The van der Waals surface area contributed by atoms with Crippen LogP contribution in [0.15, 0.2) is 41.0 Å². The molecule has 3 heterocycles. The molecule has 0 saturated carbocycles. The zero-order chi connectivity index (χ0) is 15.8. The minimum Gasteiger partial charge on any atom is -0.465 e. The van der Waals surface area contributed by atoms with Crippen molar-refractivity contribution in [2.45, 2.75) is 0 Å². The van der Waals surface area contributed by atoms with Crippen molar-refractivity contribution in [2.75, 3.05) is 0 Å². The quantitative estimate of drug-likeness (QED) is 0.572. The summed E-state index contributed by atoms with van der Waals surface area (Å²) >= 11 is 1.28. The lowest BCUT2D eigenvalue weighted by molar-refractivity contribution is 0.510. The predicted molar refractivity (Wildman–Crippen MR) is 81.6 cm³/mol. The molecule has 0 aliphatic heterocycles. The first-order chi connectivity index (χ1) is 11.2. The summed E-state index contributed by atoms with van der Waals surface area (Å²) in [5, 5.41) is 12.8. The summed E-state index contributed by atoms with van der Waals surface area (Å²) in [6, 6.07) is 7.49. The smallest absolute Gasteiger partial charge is 0.235 e. The first-order valence-electron chi connectivity index (χ1n) is 6.60. The van der Waals surface area contributed by atoms with Gasteiger partial charge in [0.25, 0.3) is 0 Å². The summed E-state index contributed by atoms with van der Waals surface area (Å²) in [6.07, 6.45) is 5.08. The Balaban J connectivity index is 1.76. The molecular weight excluding hydrogens is 322 g/mol. The molecule has 0 amide bonds. The van der Waals surface area contributed by atoms with Crippen LogP contribution in [0.3, 0.4) is 0 Å². The molecule has 4 aromatic rings. The van der Waals surface area contributed by atoms with E-state index in [0.717, 1.165) is 6.07 Å². The molecule has 8 heteroatoms. The molecule has 114 valence electrons. The highest BCUT2D eigenvalue weighted by molar-refractivity contribution is 7.17. The summed E-state index contributed by atoms with van der Waals surface area (Å²) in [7, 11) is 0. The minimum atomic E-state index is -0.970. The van der Waals surface area contributed by atoms with E-state index in [9.17, 15) is 8.78 Å². The molecule has 0 saturated heterocycles. The van der Waals surface area contributed by atoms with Gasteiger partial charge < -0.3 is 4.42 Å². The molecule has 3 aromatic heterocycles. The lowest BCUT2D eigenvalue weighted by Gasteiger charge is -1.99. The Morgan fingerprint density at radius 1 is 1.09 bits per heavy atom. The summed E-state index contributed by atoms with van der Waals surface area (Å²) in [5.74, 6) is -1.06. The van der Waals surface area contributed by atoms with E-state index in [1.165, 1.54) is 28.0 Å². The number of nitrogens with zero attached hydrogens (tertiary/aromatic N) is 4. The van der Waals surface area contributed by atoms with E-state index in [1.54, 1.807) is 24.5 Å². The van der Waals surface area contributed by atoms with Crippen molar-refractivity contribution in [2.24, 2.45) is 0 Å². The SMILES string of the molecule is Fc1cccc(-c2nnc3sc(/C=C/c4ccco4)nn23)c1F. The molecule has 0 bridgehead atoms. The highest BCUT2D eigenvalue weighted by Gasteiger charge is 2.17. The number of hydrogen-bond acceptors (Lipinski definition) is 5. The Labute approximate surface area is 132 Å². The predicted octanol–water partition coefficient (Wildman–Crippen LogP) is 3.89. The van der Waals surface area contributed by atoms with Crippen LogP contribution >= 0.6 is 11.3 Å². The molecule has 0 fully saturated rings. The third-order valence-corrected chi connectivity index (χ3v) is 4.00. The Morgan fingerprint density at radius 2 is 2.00 bits per heavy atom. The van der Waals surface area contributed by atoms with Gasteiger partial charge in [0.15, 0.2) is 17.5 Å². The third kappa shape index (κ3) is 2.42. The summed E-state index contributed by atoms with van der Waals surface area (Å²) < 4.78 is 33.9. The van der Waals surface area contributed by atoms with Crippen molar-refractivity contribution in [1.82, 2.24) is 19.8 Å². The zero-order valence-electron chi connectivity index (χ0n) is 11.5. The lowest BCUT2D eigenvalue weighted by Crippen LogP contribution is -1.95. The van der Waals surface area contributed by atoms with E-state index in [0.29, 0.717) is 15.7 Å². The van der Waals surface area contributed by atoms with Crippen LogP contribution in [0, 0.1) is 11.6 Å². The molecule has 1 aromatic carbocycles. The molecule has 0 aliphatic rings. The highest BCUT2D eigenvalue weighted by atomic mass is 32.1. The molecule has 0 radical (unpaired) electrons. The molecule has 0 spiro atoms. The fourth-order valence-corrected chi connectivity index (χ4v) is 2.82. The maximum Gasteiger partial charge on any atom is 0.235 e. The van der Waals surface area contributed by atoms with E-state index in [2.05, 4.69) is 15.3 Å². The third-order valence-electron chi connectivity index (χ3n) is 3.13. The average molecular weight is 330 g/mol. The van der Waals surface area contributed by atoms with Crippen LogP contribution in [-0.2, 0) is 0 Å². The average Bonchev–Trinajstić information content (AvgIpc) is 3.24. The molecule has 4 rings (SSSR count). The Morgan fingerprint density at radius 3 is 2.83 bits per heavy atom. The Hall–Kier alpha value is -2.87. The molecule has 0 atom stereocenters. The van der Waals surface area contributed by atoms with Crippen LogP contribution < -0.4 is 0 Å². The van der Waals surface area contributed by atoms with Crippen molar-refractivity contribution < 1.29 is 13.2 Å². The monoisotopic (exact) mass is 330 g/mol. The topological polar surface area (TPSA) is 56.2 Å². The fraction of sp³-hybridized carbons (Fsp3) is 0. The van der Waals surface area contributed by atoms with Crippen LogP contribution in [0.25, 0.3) is 28.5 Å². The van der Waals surface area contributed by atoms with Gasteiger partial charge in [0, 0.05) is 0 Å². The first-order valence-corrected chi connectivity index (χ1v) is 7.42. The molecule has 5 nitrogen and oxygen atoms in total. The Bertz CT molecular complexity index is 1000. The number of benzene rings is 1. The summed E-state index contributed by atoms with van der Waals surface area (Å²) in [4.78, 5) is 0.489. The first kappa shape index (κ1) is 13.8. The number of aromatic nitrogens is 4. The van der Waals surface area contributed by atoms with Gasteiger partial charge in [0.05, 0.1) is 11.8 Å². The van der Waals surface area contributed by atoms with Crippen molar-refractivity contribution in [3.05, 3.63) is 59.0 Å². The van der Waals surface area contributed by atoms with E-state index in [4.69, 9.17) is 4.42 Å². The van der Waals surface area contributed by atoms with Crippen LogP contribution in [0.1, 0.15) is 10.8 Å². The van der Waals surface area contributed by atoms with Crippen molar-refractivity contribution >= 4 is 28.4 Å². The van der Waals surface area contributed by atoms with E-state index in [1.807, 2.05) is 6.07 Å². The van der Waals surface area contributed by atoms with Gasteiger partial charge in [-0.15, -0.1) is 10.2 Å². The Kier molecular flexibility index (Phi) is 3.23. The van der Waals surface area contributed by atoms with E-state index in [-0.39, 0.29) is 11.4 Å². The van der Waals surface area contributed by atoms with Crippen LogP contribution in [-0.4, -0.2) is 19.8 Å². The van der Waals surface area contributed by atoms with Crippen molar-refractivity contribution in [3.8, 4) is 11.4 Å². The fourth-order valence-electron chi connectivity index (χ4n) is 2.08. The van der Waals surface area contributed by atoms with E-state index < -0.39 is 11.6 Å². The molecule has 0 unspecified atom stereocenters. The van der Waals surface area contributed by atoms with Gasteiger partial charge in [-0.25, -0.2) is 8.78 Å². The number of halogens is 2. The van der Waals surface area contributed by atoms with Gasteiger partial charge in [-0.05, 0) is 36.4 Å². The number of fused-ring (bicyclic) bond motifs is 1. The van der Waals surface area contributed by atoms with E-state index >= 15 is 0 Å². The zero-order valence-corrected chi connectivity index (χ0v) is 12.3. The minimum absolute atomic E-state index is 0.0179. The standard InChI is InChI=1S/C15H8F2N4OS/c16-11-5-1-4-10(13(11)17)14-18-19-15-21(14)20-12(23-15)7-6-9-3-2-8-22-9/h1-8H/b7-6+. The lowest BCUT2D eigenvalue weighted by atomic mass is 10.2. The summed E-state index contributed by atoms with van der Waals surface area (Å²) in [5.41, 5.74) is 0.0179. The molecule has 0 aliphatic carbocycles. The molecular formula is C15H8F2N4OS. The van der Waals surface area contributed by atoms with Crippen molar-refractivity contribution in [1.29, 1.82) is 0 Å². The molecule has 23 heavy (non-hydrogen) atoms. The van der Waals surface area contributed by atoms with Crippen LogP contribution in [0.2, 0.25) is 0 Å². The second kappa shape index (κ2) is 5.40. The second-order valence-corrected chi connectivity index (χ2v) is 5.60. The maximum absolute atomic E-state index is 13.9. The van der Waals surface area contributed by atoms with Gasteiger partial charge in [-0.3, -0.25) is 0 Å². The number of rotatable bonds is 3. The maximum atomic E-state index is 13.9. The second-order valence-electron chi connectivity index (χ2n) is 4.61. The normalized spacial score (nSPS) is 11.7. The van der Waals surface area contributed by atoms with Crippen molar-refractivity contribution in [3.63, 3.8) is 0 Å². The van der Waals surface area contributed by atoms with Crippen LogP contribution in [0.5, 0.6) is 0 Å². The van der Waals surface area contributed by atoms with Crippen LogP contribution in [0.4, 0.5) is 8.78 Å². The van der Waals surface area contributed by atoms with Gasteiger partial charge in [0.1, 0.15) is 10.8 Å². The van der Waals surface area contributed by atoms with Gasteiger partial charge >= 0.3 is 0 Å². The summed E-state index contributed by atoms with van der Waals surface area (Å²) in [6.45, 7) is 0. The van der Waals surface area contributed by atoms with Gasteiger partial charge in [-0.2, -0.15) is 9.61 Å². The highest BCUT2D eigenvalue weighted by Crippen LogP contribution is 2.25. The largest absolute Gasteiger partial charge is 0.465 e. The molecule has 0 N–H and O–H groups in total. The van der Waals surface area contributed by atoms with Gasteiger partial charge in [-0.1, -0.05) is 17.4 Å². The number of furan rings is 1. The van der Waals surface area contributed by atoms with Gasteiger partial charge in [0.2, 0.25) is 4.96 Å².